The molecule has 0 fully saturated rings. The van der Waals surface area contributed by atoms with E-state index in [1.807, 2.05) is 0 Å². The molecule has 2 heterocycles. The van der Waals surface area contributed by atoms with Gasteiger partial charge in [-0.25, -0.2) is 0 Å². The van der Waals surface area contributed by atoms with Crippen LogP contribution in [0.3, 0.4) is 0 Å². The number of rotatable bonds is 9. The molecule has 0 radical (unpaired) electrons. The van der Waals surface area contributed by atoms with Crippen LogP contribution in [-0.2, 0) is 0 Å². The van der Waals surface area contributed by atoms with E-state index in [4.69, 9.17) is 0 Å². The molecule has 346 valence electrons. The lowest BCUT2D eigenvalue weighted by Gasteiger charge is -2.15. The third-order valence-electron chi connectivity index (χ3n) is 14.9. The van der Waals surface area contributed by atoms with Gasteiger partial charge in [-0.05, 0) is 133 Å². The lowest BCUT2D eigenvalue weighted by molar-refractivity contribution is 1.18. The largest absolute Gasteiger partial charge is 0.309 e. The molecule has 14 aromatic rings. The van der Waals surface area contributed by atoms with E-state index in [1.54, 1.807) is 0 Å². The van der Waals surface area contributed by atoms with Crippen molar-refractivity contribution in [1.82, 2.24) is 9.13 Å². The van der Waals surface area contributed by atoms with E-state index in [0.717, 1.165) is 5.69 Å². The molecule has 0 aliphatic heterocycles. The highest BCUT2D eigenvalue weighted by molar-refractivity contribution is 6.13. The van der Waals surface area contributed by atoms with Crippen LogP contribution in [0.15, 0.2) is 291 Å². The minimum atomic E-state index is 1.15. The Morgan fingerprint density at radius 3 is 0.905 bits per heavy atom. The Morgan fingerprint density at radius 2 is 0.446 bits per heavy atom. The van der Waals surface area contributed by atoms with Crippen LogP contribution in [0.25, 0.3) is 133 Å². The standard InChI is InChI=1S/C72H48N2/c1-3-18-49(19-4-1)53-22-15-24-55(44-53)57-26-17-27-58(46-57)56-25-16-23-54(45-56)50-36-38-52(39-37-50)62-29-8-12-33-68(62)74-70-35-14-10-31-64(70)66-48-60(41-43-72(66)74)59-40-42-71-65(47-59)63-30-9-13-34-69(63)73(71)67-32-11-7-28-61(67)51-20-5-2-6-21-51/h1-48H. The summed E-state index contributed by atoms with van der Waals surface area (Å²) in [5.74, 6) is 0. The highest BCUT2D eigenvalue weighted by atomic mass is 15.0. The predicted octanol–water partition coefficient (Wildman–Crippen LogP) is 19.5. The van der Waals surface area contributed by atoms with Crippen molar-refractivity contribution in [3.05, 3.63) is 291 Å². The molecule has 74 heavy (non-hydrogen) atoms. The molecule has 0 bridgehead atoms. The van der Waals surface area contributed by atoms with Gasteiger partial charge in [0, 0.05) is 32.7 Å². The Kier molecular flexibility index (Phi) is 10.6. The number of fused-ring (bicyclic) bond motifs is 6. The van der Waals surface area contributed by atoms with Gasteiger partial charge >= 0.3 is 0 Å². The molecule has 2 nitrogen and oxygen atoms in total. The normalized spacial score (nSPS) is 11.5. The zero-order chi connectivity index (χ0) is 49.0. The van der Waals surface area contributed by atoms with Crippen molar-refractivity contribution in [3.63, 3.8) is 0 Å². The van der Waals surface area contributed by atoms with Crippen LogP contribution in [0.1, 0.15) is 0 Å². The van der Waals surface area contributed by atoms with E-state index >= 15 is 0 Å². The van der Waals surface area contributed by atoms with Crippen molar-refractivity contribution in [1.29, 1.82) is 0 Å². The van der Waals surface area contributed by atoms with Gasteiger partial charge in [0.2, 0.25) is 0 Å². The molecule has 0 aliphatic carbocycles. The van der Waals surface area contributed by atoms with E-state index < -0.39 is 0 Å². The fourth-order valence-electron chi connectivity index (χ4n) is 11.4. The first-order valence-electron chi connectivity index (χ1n) is 25.5. The molecular formula is C72H48N2. The van der Waals surface area contributed by atoms with Crippen molar-refractivity contribution < 1.29 is 0 Å². The summed E-state index contributed by atoms with van der Waals surface area (Å²) in [7, 11) is 0. The quantitative estimate of drug-likeness (QED) is 0.136. The number of benzene rings is 12. The van der Waals surface area contributed by atoms with Crippen molar-refractivity contribution >= 4 is 43.6 Å². The number of aromatic nitrogens is 2. The van der Waals surface area contributed by atoms with E-state index in [-0.39, 0.29) is 0 Å². The lowest BCUT2D eigenvalue weighted by Crippen LogP contribution is -1.97. The Labute approximate surface area is 431 Å². The average molecular weight is 941 g/mol. The summed E-state index contributed by atoms with van der Waals surface area (Å²) in [5.41, 5.74) is 23.9. The Balaban J connectivity index is 0.798. The number of nitrogens with zero attached hydrogens (tertiary/aromatic N) is 2. The topological polar surface area (TPSA) is 9.86 Å². The third kappa shape index (κ3) is 7.52. The maximum absolute atomic E-state index is 2.45. The smallest absolute Gasteiger partial charge is 0.0541 e. The van der Waals surface area contributed by atoms with Crippen molar-refractivity contribution in [2.45, 2.75) is 0 Å². The molecule has 0 saturated carbocycles. The summed E-state index contributed by atoms with van der Waals surface area (Å²) in [4.78, 5) is 0. The second kappa shape index (κ2) is 18.1. The Morgan fingerprint density at radius 1 is 0.162 bits per heavy atom. The molecule has 0 unspecified atom stereocenters. The summed E-state index contributed by atoms with van der Waals surface area (Å²) in [6, 6.07) is 106. The minimum absolute atomic E-state index is 1.15. The Hall–Kier alpha value is -9.76. The molecule has 0 amide bonds. The molecule has 14 rings (SSSR count). The second-order valence-electron chi connectivity index (χ2n) is 19.3. The van der Waals surface area contributed by atoms with Crippen molar-refractivity contribution in [2.24, 2.45) is 0 Å². The summed E-state index contributed by atoms with van der Waals surface area (Å²) < 4.78 is 4.89. The van der Waals surface area contributed by atoms with Gasteiger partial charge in [-0.1, -0.05) is 224 Å². The van der Waals surface area contributed by atoms with Crippen LogP contribution in [0.4, 0.5) is 0 Å². The monoisotopic (exact) mass is 940 g/mol. The van der Waals surface area contributed by atoms with Crippen LogP contribution >= 0.6 is 0 Å². The highest BCUT2D eigenvalue weighted by Gasteiger charge is 2.19. The number of para-hydroxylation sites is 4. The van der Waals surface area contributed by atoms with Gasteiger partial charge in [0.05, 0.1) is 33.4 Å². The van der Waals surface area contributed by atoms with Crippen molar-refractivity contribution in [3.8, 4) is 89.3 Å². The first-order chi connectivity index (χ1) is 36.7. The fourth-order valence-corrected chi connectivity index (χ4v) is 11.4. The summed E-state index contributed by atoms with van der Waals surface area (Å²) >= 11 is 0. The summed E-state index contributed by atoms with van der Waals surface area (Å²) in [6.07, 6.45) is 0. The molecule has 2 heteroatoms. The summed E-state index contributed by atoms with van der Waals surface area (Å²) in [5, 5.41) is 4.94. The lowest BCUT2D eigenvalue weighted by atomic mass is 9.94. The van der Waals surface area contributed by atoms with Gasteiger partial charge < -0.3 is 9.13 Å². The molecule has 0 atom stereocenters. The van der Waals surface area contributed by atoms with Gasteiger partial charge in [0.15, 0.2) is 0 Å². The third-order valence-corrected chi connectivity index (χ3v) is 14.9. The first kappa shape index (κ1) is 43.1. The maximum Gasteiger partial charge on any atom is 0.0541 e. The van der Waals surface area contributed by atoms with Gasteiger partial charge in [-0.2, -0.15) is 0 Å². The average Bonchev–Trinajstić information content (AvgIpc) is 4.00. The number of hydrogen-bond acceptors (Lipinski definition) is 0. The zero-order valence-corrected chi connectivity index (χ0v) is 40.6. The van der Waals surface area contributed by atoms with E-state index in [1.165, 1.54) is 127 Å². The number of hydrogen-bond donors (Lipinski definition) is 0. The first-order valence-corrected chi connectivity index (χ1v) is 25.5. The molecule has 12 aromatic carbocycles. The second-order valence-corrected chi connectivity index (χ2v) is 19.3. The Bertz CT molecular complexity index is 4400. The molecule has 0 spiro atoms. The highest BCUT2D eigenvalue weighted by Crippen LogP contribution is 2.42. The maximum atomic E-state index is 2.45. The minimum Gasteiger partial charge on any atom is -0.309 e. The summed E-state index contributed by atoms with van der Waals surface area (Å²) in [6.45, 7) is 0. The van der Waals surface area contributed by atoms with Gasteiger partial charge in [0.1, 0.15) is 0 Å². The van der Waals surface area contributed by atoms with Crippen LogP contribution < -0.4 is 0 Å². The molecule has 0 aliphatic rings. The van der Waals surface area contributed by atoms with Crippen LogP contribution in [-0.4, -0.2) is 9.13 Å². The predicted molar refractivity (Wildman–Crippen MR) is 313 cm³/mol. The van der Waals surface area contributed by atoms with E-state index in [9.17, 15) is 0 Å². The van der Waals surface area contributed by atoms with Crippen molar-refractivity contribution in [2.75, 3.05) is 0 Å². The van der Waals surface area contributed by atoms with Gasteiger partial charge in [-0.3, -0.25) is 0 Å². The zero-order valence-electron chi connectivity index (χ0n) is 40.6. The van der Waals surface area contributed by atoms with Gasteiger partial charge in [0.25, 0.3) is 0 Å². The van der Waals surface area contributed by atoms with Crippen LogP contribution in [0, 0.1) is 0 Å². The van der Waals surface area contributed by atoms with E-state index in [0.29, 0.717) is 0 Å². The molecule has 2 aromatic heterocycles. The SMILES string of the molecule is c1ccc(-c2cccc(-c3cccc(-c4cccc(-c5ccc(-c6ccccc6-n6c7ccccc7c7cc(-c8ccc9c(c8)c8ccccc8n9-c8ccccc8-c8ccccc8)ccc76)cc5)c4)c3)c2)cc1. The van der Waals surface area contributed by atoms with Gasteiger partial charge in [-0.15, -0.1) is 0 Å². The molecule has 0 saturated heterocycles. The fraction of sp³-hybridized carbons (Fsp3) is 0. The molecule has 0 N–H and O–H groups in total. The molecular weight excluding hydrogens is 893 g/mol. The van der Waals surface area contributed by atoms with Crippen LogP contribution in [0.5, 0.6) is 0 Å². The van der Waals surface area contributed by atoms with E-state index in [2.05, 4.69) is 300 Å². The van der Waals surface area contributed by atoms with Crippen LogP contribution in [0.2, 0.25) is 0 Å².